The molecule has 0 radical (unpaired) electrons. The van der Waals surface area contributed by atoms with Gasteiger partial charge >= 0.3 is 18.2 Å². The van der Waals surface area contributed by atoms with Crippen LogP contribution in [0.15, 0.2) is 85.2 Å². The van der Waals surface area contributed by atoms with Gasteiger partial charge in [-0.05, 0) is 93.3 Å². The highest BCUT2D eigenvalue weighted by atomic mass is 33.1. The number of likely N-dealkylation sites (tertiary alicyclic amines) is 3. The number of alkyl halides is 9. The molecule has 95 heavy (non-hydrogen) atoms. The van der Waals surface area contributed by atoms with Gasteiger partial charge in [0.2, 0.25) is 18.1 Å². The summed E-state index contributed by atoms with van der Waals surface area (Å²) in [5.41, 5.74) is 15.2. The molecule has 2 aromatic carbocycles. The molecule has 22 nitrogen and oxygen atoms in total. The Morgan fingerprint density at radius 1 is 0.779 bits per heavy atom. The number of hydrogen-bond acceptors (Lipinski definition) is 15. The Morgan fingerprint density at radius 2 is 1.33 bits per heavy atom. The van der Waals surface area contributed by atoms with Crippen molar-refractivity contribution in [3.8, 4) is 0 Å². The molecule has 4 aromatic heterocycles. The number of nitrogens with zero attached hydrogens (tertiary/aromatic N) is 7. The van der Waals surface area contributed by atoms with Gasteiger partial charge in [-0.3, -0.25) is 33.8 Å². The van der Waals surface area contributed by atoms with Gasteiger partial charge in [0.15, 0.2) is 0 Å². The Kier molecular flexibility index (Phi) is 28.5. The molecule has 6 atom stereocenters. The Morgan fingerprint density at radius 3 is 1.86 bits per heavy atom. The molecule has 8 heterocycles. The van der Waals surface area contributed by atoms with Crippen LogP contribution in [-0.4, -0.2) is 185 Å². The van der Waals surface area contributed by atoms with E-state index < -0.39 is 104 Å². The molecule has 10 rings (SSSR count). The van der Waals surface area contributed by atoms with Gasteiger partial charge in [0, 0.05) is 134 Å². The molecule has 4 saturated heterocycles. The highest BCUT2D eigenvalue weighted by molar-refractivity contribution is 8.37. The number of piperidine rings is 2. The van der Waals surface area contributed by atoms with E-state index in [1.165, 1.54) is 38.6 Å². The average Bonchev–Trinajstić information content (AvgIpc) is 1.66. The largest absolute Gasteiger partial charge is 0.480 e. The number of rotatable bonds is 15. The number of urea groups is 1. The van der Waals surface area contributed by atoms with Gasteiger partial charge in [0.05, 0.1) is 55.4 Å². The first kappa shape index (κ1) is 77.9. The number of carboxylic acids is 1. The van der Waals surface area contributed by atoms with Crippen LogP contribution in [0.4, 0.5) is 55.8 Å². The lowest BCUT2D eigenvalue weighted by atomic mass is 10.0. The number of aryl methyl sites for hydroxylation is 2. The summed E-state index contributed by atoms with van der Waals surface area (Å²) in [4.78, 5) is 94.1. The molecule has 6 amide bonds. The normalized spacial score (nSPS) is 19.3. The van der Waals surface area contributed by atoms with Crippen LogP contribution in [0.3, 0.4) is 0 Å². The minimum Gasteiger partial charge on any atom is -0.480 e. The van der Waals surface area contributed by atoms with Crippen molar-refractivity contribution in [2.45, 2.75) is 133 Å². The van der Waals surface area contributed by atoms with Gasteiger partial charge in [-0.25, -0.2) is 36.1 Å². The van der Waals surface area contributed by atoms with Crippen LogP contribution in [-0.2, 0) is 76.4 Å². The van der Waals surface area contributed by atoms with Gasteiger partial charge in [-0.15, -0.1) is 0 Å². The van der Waals surface area contributed by atoms with Gasteiger partial charge in [0.25, 0.3) is 23.7 Å². The summed E-state index contributed by atoms with van der Waals surface area (Å²) in [6.07, 6.45) is -6.61. The van der Waals surface area contributed by atoms with Crippen LogP contribution in [0.1, 0.15) is 81.9 Å². The zero-order valence-corrected chi connectivity index (χ0v) is 54.5. The number of primary amides is 2. The van der Waals surface area contributed by atoms with E-state index in [4.69, 9.17) is 21.4 Å². The maximum atomic E-state index is 14.5. The zero-order chi connectivity index (χ0) is 69.4. The van der Waals surface area contributed by atoms with Crippen molar-refractivity contribution in [3.05, 3.63) is 119 Å². The van der Waals surface area contributed by atoms with Gasteiger partial charge < -0.3 is 66.6 Å². The monoisotopic (exact) mass is 1420 g/mol. The van der Waals surface area contributed by atoms with Crippen molar-refractivity contribution in [1.82, 2.24) is 39.1 Å². The zero-order valence-electron chi connectivity index (χ0n) is 51.0. The summed E-state index contributed by atoms with van der Waals surface area (Å²) in [6.45, 7) is 2.47. The summed E-state index contributed by atoms with van der Waals surface area (Å²) in [6, 6.07) is 18.6. The van der Waals surface area contributed by atoms with E-state index in [-0.39, 0.29) is 114 Å². The lowest BCUT2D eigenvalue weighted by Crippen LogP contribution is -2.47. The Hall–Kier alpha value is -7.83. The fourth-order valence-corrected chi connectivity index (χ4v) is 11.0. The molecule has 2 unspecified atom stereocenters. The standard InChI is InChI=1S/C29H33F3N6O4.C18H19F2N3O4.C11H16FN3O.C2HF3O.S3.H2S/c1-17-4-2-5-19(34-17)12-25(39)24-10-18(30)13-38(24)26(40)15-37-14-22(27(33)41)21-11-20(6-7-23(21)37)35-28(42)36-9-3-8-29(31,32)16-36;19-18(20)4-1-5-22(10-18)15(24)7-11-2-3-14-12(6-11)13(17(21)27)8-23(14)9-16(25)26;1-7-3-2-4-10(14-7)15-11(16)9-5-8(12)6-13-9;3-2(4,5)1-6;1-3-2;/h2,4-7,11,14,18,24-25,39H,3,8-10,12-13,15-16H2,1H3,(H2,33,41)(H,35,42);2-3,6,8H,1,4-5,7,9-10H2,(H2,21,27)(H,25,26);2-4,8-9,11,13,16H,5-6H2,1H3,(H,14,15);1H;;1H2/t18-,24+,25?;;8-,9+,11?;;;/m1.1.../s1. The van der Waals surface area contributed by atoms with E-state index in [0.717, 1.165) is 30.1 Å². The molecule has 0 spiro atoms. The smallest absolute Gasteiger partial charge is 0.446 e. The second kappa shape index (κ2) is 34.7. The topological polar surface area (TPSA) is 314 Å². The molecule has 0 saturated carbocycles. The molecule has 4 aliphatic rings. The molecule has 4 fully saturated rings. The molecule has 0 bridgehead atoms. The number of amides is 6. The molecular weight excluding hydrogens is 1350 g/mol. The average molecular weight is 1420 g/mol. The third-order valence-corrected chi connectivity index (χ3v) is 15.2. The summed E-state index contributed by atoms with van der Waals surface area (Å²) in [7, 11) is 0.917. The van der Waals surface area contributed by atoms with E-state index in [2.05, 4.69) is 48.3 Å². The SMILES string of the molecule is Cc1cccc(CC(O)[C@@H]2C[C@@H](F)CN2C(=O)Cn2cc(C(N)=O)c3cc(NC(=O)N4CCCC(F)(F)C4)ccc32)n1.Cc1cccc(NC(O)[C@@H]2C[C@@H](F)CN2)n1.NC(=O)c1cn(CC(=O)O)c2ccc(CC(=O)N3CCCC(F)(F)C3)cc12.O=CC(F)(F)F.S.S=S=S. The van der Waals surface area contributed by atoms with E-state index in [1.807, 2.05) is 38.1 Å². The summed E-state index contributed by atoms with van der Waals surface area (Å²) >= 11 is 8.25. The summed E-state index contributed by atoms with van der Waals surface area (Å²) in [5.74, 6) is -8.65. The number of nitrogens with one attached hydrogen (secondary N) is 3. The first-order chi connectivity index (χ1) is 44.2. The van der Waals surface area contributed by atoms with Crippen LogP contribution >= 0.6 is 13.5 Å². The summed E-state index contributed by atoms with van der Waals surface area (Å²) < 4.78 is 116. The number of aromatic nitrogens is 4. The van der Waals surface area contributed by atoms with Crippen molar-refractivity contribution in [2.75, 3.05) is 49.9 Å². The van der Waals surface area contributed by atoms with Crippen LogP contribution < -0.4 is 27.4 Å². The van der Waals surface area contributed by atoms with Crippen molar-refractivity contribution in [2.24, 2.45) is 11.5 Å². The second-order valence-electron chi connectivity index (χ2n) is 22.6. The van der Waals surface area contributed by atoms with E-state index >= 15 is 0 Å². The Balaban J connectivity index is 0.000000262. The van der Waals surface area contributed by atoms with E-state index in [9.17, 15) is 78.5 Å². The number of fused-ring (bicyclic) bond motifs is 2. The summed E-state index contributed by atoms with van der Waals surface area (Å²) in [5, 5.41) is 38.9. The number of anilines is 2. The van der Waals surface area contributed by atoms with Crippen LogP contribution in [0.2, 0.25) is 0 Å². The van der Waals surface area contributed by atoms with Crippen molar-refractivity contribution in [1.29, 1.82) is 0 Å². The number of aldehydes is 1. The lowest BCUT2D eigenvalue weighted by Gasteiger charge is -2.32. The number of hydrogen-bond donors (Lipinski definition) is 8. The maximum absolute atomic E-state index is 14.5. The molecule has 35 heteroatoms. The number of aliphatic hydroxyl groups is 2. The van der Waals surface area contributed by atoms with Gasteiger partial charge in [0.1, 0.15) is 37.5 Å². The van der Waals surface area contributed by atoms with Crippen LogP contribution in [0.25, 0.3) is 21.8 Å². The molecule has 4 aliphatic heterocycles. The number of benzene rings is 2. The molecule has 0 aliphatic carbocycles. The predicted molar refractivity (Wildman–Crippen MR) is 346 cm³/mol. The maximum Gasteiger partial charge on any atom is 0.446 e. The number of aliphatic hydroxyl groups excluding tert-OH is 2. The Bertz CT molecular complexity index is 3730. The minimum atomic E-state index is -4.64. The fraction of sp³-hybridized carbons (Fsp3) is 0.450. The molecular formula is C60H71F9N12O10S4. The molecule has 6 aromatic rings. The number of carbonyl (C=O) groups is 7. The number of nitrogens with two attached hydrogens (primary N) is 2. The fourth-order valence-electron chi connectivity index (χ4n) is 11.0. The van der Waals surface area contributed by atoms with Crippen molar-refractivity contribution >= 4 is 120 Å². The first-order valence-electron chi connectivity index (χ1n) is 29.1. The number of carboxylic acid groups (broad SMARTS) is 1. The number of pyridine rings is 2. The molecule has 518 valence electrons. The Labute approximate surface area is 558 Å². The number of aliphatic carboxylic acids is 1. The van der Waals surface area contributed by atoms with Crippen molar-refractivity contribution < 1.29 is 88.4 Å². The van der Waals surface area contributed by atoms with Crippen molar-refractivity contribution in [3.63, 3.8) is 0 Å². The van der Waals surface area contributed by atoms with E-state index in [0.29, 0.717) is 51.8 Å². The number of carbonyl (C=O) groups excluding carboxylic acids is 6. The van der Waals surface area contributed by atoms with Gasteiger partial charge in [-0.2, -0.15) is 26.7 Å². The highest BCUT2D eigenvalue weighted by Gasteiger charge is 2.41. The molecule has 10 N–H and O–H groups in total. The lowest BCUT2D eigenvalue weighted by molar-refractivity contribution is -0.156. The van der Waals surface area contributed by atoms with Crippen LogP contribution in [0.5, 0.6) is 0 Å². The van der Waals surface area contributed by atoms with Gasteiger partial charge in [-0.1, -0.05) is 18.2 Å². The third kappa shape index (κ3) is 23.2. The van der Waals surface area contributed by atoms with Crippen LogP contribution in [0, 0.1) is 13.8 Å². The second-order valence-corrected chi connectivity index (χ2v) is 24.4. The van der Waals surface area contributed by atoms with E-state index in [1.54, 1.807) is 36.4 Å². The minimum absolute atomic E-state index is 0. The first-order valence-corrected chi connectivity index (χ1v) is 31.8. The quantitative estimate of drug-likeness (QED) is 0.0307. The predicted octanol–water partition coefficient (Wildman–Crippen LogP) is 6.55. The third-order valence-electron chi connectivity index (χ3n) is 15.2. The highest BCUT2D eigenvalue weighted by Crippen LogP contribution is 2.32. The number of halogens is 9.